The Bertz CT molecular complexity index is 197. The van der Waals surface area contributed by atoms with Gasteiger partial charge in [-0.05, 0) is 17.6 Å². The monoisotopic (exact) mass is 184 g/mol. The maximum atomic E-state index is 4.36. The van der Waals surface area contributed by atoms with Crippen molar-refractivity contribution in [3.63, 3.8) is 0 Å². The lowest BCUT2D eigenvalue weighted by molar-refractivity contribution is 0.954. The number of hydrogen-bond acceptors (Lipinski definition) is 3. The van der Waals surface area contributed by atoms with Gasteiger partial charge in [0.1, 0.15) is 5.84 Å². The van der Waals surface area contributed by atoms with E-state index in [1.807, 2.05) is 11.8 Å². The lowest BCUT2D eigenvalue weighted by atomic mass is 10.3. The second-order valence-corrected chi connectivity index (χ2v) is 3.65. The van der Waals surface area contributed by atoms with Gasteiger partial charge < -0.3 is 5.32 Å². The molecule has 0 saturated carbocycles. The van der Waals surface area contributed by atoms with Crippen LogP contribution in [0.2, 0.25) is 0 Å². The van der Waals surface area contributed by atoms with Crippen LogP contribution in [-0.2, 0) is 0 Å². The lowest BCUT2D eigenvalue weighted by Gasteiger charge is -2.03. The third-order valence-corrected chi connectivity index (χ3v) is 2.61. The largest absolute Gasteiger partial charge is 0.372 e. The minimum Gasteiger partial charge on any atom is -0.372 e. The van der Waals surface area contributed by atoms with Crippen LogP contribution in [0.3, 0.4) is 0 Å². The number of allylic oxidation sites excluding steroid dienone is 1. The number of nitrogens with one attached hydrogen (secondary N) is 1. The highest BCUT2D eigenvalue weighted by Crippen LogP contribution is 2.17. The zero-order valence-corrected chi connectivity index (χ0v) is 8.58. The Labute approximate surface area is 78.5 Å². The zero-order valence-electron chi connectivity index (χ0n) is 7.76. The Hall–Kier alpha value is -0.440. The van der Waals surface area contributed by atoms with Crippen LogP contribution in [0.25, 0.3) is 0 Å². The van der Waals surface area contributed by atoms with Gasteiger partial charge in [0.15, 0.2) is 0 Å². The smallest absolute Gasteiger partial charge is 0.101 e. The van der Waals surface area contributed by atoms with Gasteiger partial charge in [0.05, 0.1) is 6.54 Å². The SMILES string of the molecule is CC/C=C(/CC1=NCCN1)SC. The predicted molar refractivity (Wildman–Crippen MR) is 56.8 cm³/mol. The maximum absolute atomic E-state index is 4.36. The molecule has 0 aliphatic carbocycles. The highest BCUT2D eigenvalue weighted by atomic mass is 32.2. The Morgan fingerprint density at radius 1 is 1.75 bits per heavy atom. The summed E-state index contributed by atoms with van der Waals surface area (Å²) in [6.07, 6.45) is 6.50. The van der Waals surface area contributed by atoms with Gasteiger partial charge in [-0.15, -0.1) is 11.8 Å². The molecule has 68 valence electrons. The van der Waals surface area contributed by atoms with E-state index in [0.717, 1.165) is 31.8 Å². The molecule has 1 aliphatic heterocycles. The Morgan fingerprint density at radius 2 is 2.58 bits per heavy atom. The fraction of sp³-hybridized carbons (Fsp3) is 0.667. The van der Waals surface area contributed by atoms with E-state index in [2.05, 4.69) is 29.6 Å². The van der Waals surface area contributed by atoms with Crippen molar-refractivity contribution in [2.75, 3.05) is 19.3 Å². The van der Waals surface area contributed by atoms with E-state index >= 15 is 0 Å². The fourth-order valence-electron chi connectivity index (χ4n) is 1.19. The summed E-state index contributed by atoms with van der Waals surface area (Å²) in [6.45, 7) is 4.13. The molecule has 0 fully saturated rings. The molecule has 0 radical (unpaired) electrons. The minimum atomic E-state index is 0.948. The molecule has 0 unspecified atom stereocenters. The first-order valence-corrected chi connectivity index (χ1v) is 5.59. The third kappa shape index (κ3) is 2.89. The van der Waals surface area contributed by atoms with E-state index in [0.29, 0.717) is 0 Å². The third-order valence-electron chi connectivity index (χ3n) is 1.78. The van der Waals surface area contributed by atoms with Gasteiger partial charge >= 0.3 is 0 Å². The van der Waals surface area contributed by atoms with E-state index in [4.69, 9.17) is 0 Å². The molecule has 0 spiro atoms. The van der Waals surface area contributed by atoms with E-state index in [1.165, 1.54) is 4.91 Å². The second-order valence-electron chi connectivity index (χ2n) is 2.71. The highest BCUT2D eigenvalue weighted by molar-refractivity contribution is 8.02. The van der Waals surface area contributed by atoms with Crippen LogP contribution in [-0.4, -0.2) is 25.2 Å². The maximum Gasteiger partial charge on any atom is 0.101 e. The van der Waals surface area contributed by atoms with Crippen LogP contribution in [0.4, 0.5) is 0 Å². The molecule has 1 rings (SSSR count). The summed E-state index contributed by atoms with van der Waals surface area (Å²) in [5.41, 5.74) is 0. The summed E-state index contributed by atoms with van der Waals surface area (Å²) in [6, 6.07) is 0. The van der Waals surface area contributed by atoms with Gasteiger partial charge in [0, 0.05) is 13.0 Å². The second kappa shape index (κ2) is 5.25. The summed E-state index contributed by atoms with van der Waals surface area (Å²) in [5, 5.41) is 3.28. The molecule has 0 bridgehead atoms. The average molecular weight is 184 g/mol. The van der Waals surface area contributed by atoms with Gasteiger partial charge in [-0.3, -0.25) is 4.99 Å². The molecule has 3 heteroatoms. The molecule has 0 aromatic carbocycles. The molecular formula is C9H16N2S. The van der Waals surface area contributed by atoms with E-state index in [9.17, 15) is 0 Å². The first-order valence-electron chi connectivity index (χ1n) is 4.37. The Morgan fingerprint density at radius 3 is 3.08 bits per heavy atom. The minimum absolute atomic E-state index is 0.948. The normalized spacial score (nSPS) is 17.5. The van der Waals surface area contributed by atoms with Crippen LogP contribution >= 0.6 is 11.8 Å². The molecule has 0 amide bonds. The van der Waals surface area contributed by atoms with Crippen molar-refractivity contribution in [1.29, 1.82) is 0 Å². The van der Waals surface area contributed by atoms with Crippen LogP contribution in [0.5, 0.6) is 0 Å². The van der Waals surface area contributed by atoms with Crippen LogP contribution in [0.1, 0.15) is 19.8 Å². The molecule has 0 aromatic heterocycles. The topological polar surface area (TPSA) is 24.4 Å². The first kappa shape index (κ1) is 9.65. The molecule has 1 heterocycles. The summed E-state index contributed by atoms with van der Waals surface area (Å²) in [5.74, 6) is 1.16. The number of amidine groups is 1. The molecule has 0 aromatic rings. The molecule has 0 atom stereocenters. The molecular weight excluding hydrogens is 168 g/mol. The predicted octanol–water partition coefficient (Wildman–Crippen LogP) is 2.04. The highest BCUT2D eigenvalue weighted by Gasteiger charge is 2.06. The van der Waals surface area contributed by atoms with Gasteiger partial charge in [-0.1, -0.05) is 13.0 Å². The van der Waals surface area contributed by atoms with E-state index in [1.54, 1.807) is 0 Å². The summed E-state index contributed by atoms with van der Waals surface area (Å²) >= 11 is 1.82. The van der Waals surface area contributed by atoms with Crippen molar-refractivity contribution < 1.29 is 0 Å². The zero-order chi connectivity index (χ0) is 8.81. The van der Waals surface area contributed by atoms with Gasteiger partial charge in [0.25, 0.3) is 0 Å². The lowest BCUT2D eigenvalue weighted by Crippen LogP contribution is -2.18. The number of nitrogens with zero attached hydrogens (tertiary/aromatic N) is 1. The molecule has 1 N–H and O–H groups in total. The van der Waals surface area contributed by atoms with Crippen molar-refractivity contribution in [2.24, 2.45) is 4.99 Å². The van der Waals surface area contributed by atoms with Crippen LogP contribution in [0, 0.1) is 0 Å². The molecule has 12 heavy (non-hydrogen) atoms. The summed E-state index contributed by atoms with van der Waals surface area (Å²) in [4.78, 5) is 5.78. The average Bonchev–Trinajstić information content (AvgIpc) is 2.56. The molecule has 2 nitrogen and oxygen atoms in total. The van der Waals surface area contributed by atoms with Crippen molar-refractivity contribution in [1.82, 2.24) is 5.32 Å². The molecule has 1 aliphatic rings. The number of thioether (sulfide) groups is 1. The number of hydrogen-bond donors (Lipinski definition) is 1. The molecule has 0 saturated heterocycles. The number of rotatable bonds is 4. The van der Waals surface area contributed by atoms with Crippen LogP contribution in [0.15, 0.2) is 16.0 Å². The van der Waals surface area contributed by atoms with Gasteiger partial charge in [0.2, 0.25) is 0 Å². The Kier molecular flexibility index (Phi) is 4.22. The Balaban J connectivity index is 2.41. The van der Waals surface area contributed by atoms with Crippen molar-refractivity contribution in [2.45, 2.75) is 19.8 Å². The van der Waals surface area contributed by atoms with E-state index < -0.39 is 0 Å². The fourth-order valence-corrected chi connectivity index (χ4v) is 1.80. The quantitative estimate of drug-likeness (QED) is 0.723. The number of aliphatic imine (C=N–C) groups is 1. The summed E-state index contributed by atoms with van der Waals surface area (Å²) < 4.78 is 0. The standard InChI is InChI=1S/C9H16N2S/c1-3-4-8(12-2)7-9-10-5-6-11-9/h4H,3,5-7H2,1-2H3,(H,10,11)/b8-4-. The van der Waals surface area contributed by atoms with Crippen molar-refractivity contribution in [3.8, 4) is 0 Å². The van der Waals surface area contributed by atoms with Gasteiger partial charge in [-0.25, -0.2) is 0 Å². The van der Waals surface area contributed by atoms with Crippen molar-refractivity contribution in [3.05, 3.63) is 11.0 Å². The summed E-state index contributed by atoms with van der Waals surface area (Å²) in [7, 11) is 0. The first-order chi connectivity index (χ1) is 5.86. The van der Waals surface area contributed by atoms with Gasteiger partial charge in [-0.2, -0.15) is 0 Å². The van der Waals surface area contributed by atoms with Crippen molar-refractivity contribution >= 4 is 17.6 Å². The van der Waals surface area contributed by atoms with Crippen LogP contribution < -0.4 is 5.32 Å². The van der Waals surface area contributed by atoms with E-state index in [-0.39, 0.29) is 0 Å².